The van der Waals surface area contributed by atoms with Crippen LogP contribution in [0.5, 0.6) is 0 Å². The molecule has 0 saturated heterocycles. The van der Waals surface area contributed by atoms with Crippen LogP contribution in [0.2, 0.25) is 0 Å². The number of hydrogen-bond donors (Lipinski definition) is 2. The molecule has 0 spiro atoms. The van der Waals surface area contributed by atoms with E-state index in [1.54, 1.807) is 18.4 Å². The largest absolute Gasteiger partial charge is 0.379 e. The lowest BCUT2D eigenvalue weighted by atomic mass is 10.2. The van der Waals surface area contributed by atoms with Crippen LogP contribution in [0.15, 0.2) is 38.6 Å². The van der Waals surface area contributed by atoms with Gasteiger partial charge in [0.1, 0.15) is 12.2 Å². The number of carbonyl (C=O) groups excluding carboxylic acids is 1. The first-order valence-electron chi connectivity index (χ1n) is 8.21. The fourth-order valence-corrected chi connectivity index (χ4v) is 2.70. The van der Waals surface area contributed by atoms with E-state index in [1.165, 1.54) is 0 Å². The third-order valence-corrected chi connectivity index (χ3v) is 4.03. The quantitative estimate of drug-likeness (QED) is 0.377. The smallest absolute Gasteiger partial charge is 0.260 e. The predicted octanol–water partition coefficient (Wildman–Crippen LogP) is 0.900. The second-order valence-corrected chi connectivity index (χ2v) is 5.94. The molecule has 1 amide bonds. The number of hydrogen-bond acceptors (Lipinski definition) is 10. The number of fused-ring (bicyclic) bond motifs is 1. The van der Waals surface area contributed by atoms with Crippen LogP contribution in [0.4, 0.5) is 5.82 Å². The molecule has 142 valence electrons. The fourth-order valence-electron chi connectivity index (χ4n) is 2.70. The van der Waals surface area contributed by atoms with Crippen molar-refractivity contribution in [2.45, 2.75) is 20.4 Å². The molecule has 0 aliphatic rings. The van der Waals surface area contributed by atoms with Gasteiger partial charge in [-0.15, -0.1) is 0 Å². The lowest BCUT2D eigenvalue weighted by Gasteiger charge is -2.07. The minimum atomic E-state index is -0.382. The molecule has 3 heterocycles. The molecule has 0 saturated carbocycles. The molecule has 3 aromatic heterocycles. The summed E-state index contributed by atoms with van der Waals surface area (Å²) in [6, 6.07) is 7.34. The van der Waals surface area contributed by atoms with Gasteiger partial charge in [-0.2, -0.15) is 5.10 Å². The number of imidazole rings is 1. The topological polar surface area (TPSA) is 163 Å². The van der Waals surface area contributed by atoms with Crippen LogP contribution < -0.4 is 11.2 Å². The van der Waals surface area contributed by atoms with E-state index < -0.39 is 0 Å². The monoisotopic (exact) mass is 381 g/mol. The van der Waals surface area contributed by atoms with Crippen molar-refractivity contribution in [3.05, 3.63) is 35.7 Å². The molecule has 12 nitrogen and oxygen atoms in total. The Labute approximate surface area is 157 Å². The summed E-state index contributed by atoms with van der Waals surface area (Å²) in [5.74, 6) is 0.0695. The van der Waals surface area contributed by atoms with Crippen molar-refractivity contribution in [2.24, 2.45) is 5.10 Å². The van der Waals surface area contributed by atoms with E-state index >= 15 is 0 Å². The number of anilines is 1. The molecule has 28 heavy (non-hydrogen) atoms. The number of nitrogens with two attached hydrogens (primary N) is 1. The lowest BCUT2D eigenvalue weighted by molar-refractivity contribution is -0.121. The number of nitrogens with one attached hydrogen (secondary N) is 1. The molecular weight excluding hydrogens is 366 g/mol. The highest BCUT2D eigenvalue weighted by Gasteiger charge is 2.20. The van der Waals surface area contributed by atoms with Gasteiger partial charge in [0.05, 0.1) is 16.7 Å². The number of nitrogen functional groups attached to an aromatic ring is 1. The number of benzene rings is 1. The van der Waals surface area contributed by atoms with Crippen molar-refractivity contribution in [2.75, 3.05) is 5.73 Å². The number of amides is 1. The molecule has 1 aromatic carbocycles. The standard InChI is InChI=1S/C16H15N9O3/c1-8(13-9(2)21-27-22-13)19-20-12(26)7-25-11-6-4-3-5-10(11)18-16(25)14-15(17)24-28-23-14/h3-6H,7H2,1-2H3,(H2,17,24)(H,20,26)/b19-8+. The zero-order valence-corrected chi connectivity index (χ0v) is 14.9. The average Bonchev–Trinajstić information content (AvgIpc) is 3.39. The zero-order valence-electron chi connectivity index (χ0n) is 14.9. The molecule has 0 bridgehead atoms. The summed E-state index contributed by atoms with van der Waals surface area (Å²) in [5.41, 5.74) is 11.5. The van der Waals surface area contributed by atoms with Gasteiger partial charge in [0, 0.05) is 0 Å². The van der Waals surface area contributed by atoms with Gasteiger partial charge in [-0.1, -0.05) is 17.3 Å². The fraction of sp³-hybridized carbons (Fsp3) is 0.188. The number of carbonyl (C=O) groups is 1. The van der Waals surface area contributed by atoms with Crippen LogP contribution in [-0.2, 0) is 11.3 Å². The predicted molar refractivity (Wildman–Crippen MR) is 96.8 cm³/mol. The van der Waals surface area contributed by atoms with Gasteiger partial charge >= 0.3 is 0 Å². The summed E-state index contributed by atoms with van der Waals surface area (Å²) < 4.78 is 11.0. The zero-order chi connectivity index (χ0) is 19.7. The van der Waals surface area contributed by atoms with Crippen LogP contribution >= 0.6 is 0 Å². The van der Waals surface area contributed by atoms with Gasteiger partial charge in [-0.3, -0.25) is 4.79 Å². The van der Waals surface area contributed by atoms with E-state index in [4.69, 9.17) is 5.73 Å². The number of rotatable bonds is 5. The second-order valence-electron chi connectivity index (χ2n) is 5.94. The third kappa shape index (κ3) is 3.06. The third-order valence-electron chi connectivity index (χ3n) is 4.03. The summed E-state index contributed by atoms with van der Waals surface area (Å²) in [4.78, 5) is 17.0. The van der Waals surface area contributed by atoms with Crippen molar-refractivity contribution >= 4 is 28.5 Å². The minimum Gasteiger partial charge on any atom is -0.379 e. The second kappa shape index (κ2) is 6.90. The highest BCUT2D eigenvalue weighted by Crippen LogP contribution is 2.26. The van der Waals surface area contributed by atoms with Gasteiger partial charge in [-0.05, 0) is 41.5 Å². The molecule has 0 atom stereocenters. The van der Waals surface area contributed by atoms with Crippen molar-refractivity contribution in [1.82, 2.24) is 35.6 Å². The maximum Gasteiger partial charge on any atom is 0.260 e. The molecule has 0 aliphatic carbocycles. The Morgan fingerprint density at radius 3 is 2.71 bits per heavy atom. The van der Waals surface area contributed by atoms with Gasteiger partial charge < -0.3 is 10.3 Å². The average molecular weight is 381 g/mol. The van der Waals surface area contributed by atoms with Crippen LogP contribution in [0.3, 0.4) is 0 Å². The normalized spacial score (nSPS) is 11.9. The van der Waals surface area contributed by atoms with Gasteiger partial charge in [0.25, 0.3) is 5.91 Å². The number of aromatic nitrogens is 6. The number of para-hydroxylation sites is 2. The summed E-state index contributed by atoms with van der Waals surface area (Å²) >= 11 is 0. The molecule has 0 radical (unpaired) electrons. The Morgan fingerprint density at radius 1 is 1.21 bits per heavy atom. The van der Waals surface area contributed by atoms with Crippen LogP contribution in [0.25, 0.3) is 22.6 Å². The van der Waals surface area contributed by atoms with Crippen LogP contribution in [0, 0.1) is 6.92 Å². The minimum absolute atomic E-state index is 0.0744. The SMILES string of the molecule is C/C(=N\NC(=O)Cn1c(-c2nonc2N)nc2ccccc21)c1nonc1C. The van der Waals surface area contributed by atoms with Gasteiger partial charge in [0.15, 0.2) is 23.0 Å². The van der Waals surface area contributed by atoms with E-state index in [9.17, 15) is 4.79 Å². The highest BCUT2D eigenvalue weighted by atomic mass is 16.6. The molecule has 4 rings (SSSR count). The van der Waals surface area contributed by atoms with E-state index in [0.29, 0.717) is 28.4 Å². The summed E-state index contributed by atoms with van der Waals surface area (Å²) in [7, 11) is 0. The van der Waals surface area contributed by atoms with Crippen molar-refractivity contribution in [1.29, 1.82) is 0 Å². The summed E-state index contributed by atoms with van der Waals surface area (Å²) in [6.45, 7) is 3.34. The molecule has 0 aliphatic heterocycles. The van der Waals surface area contributed by atoms with E-state index in [0.717, 1.165) is 5.52 Å². The highest BCUT2D eigenvalue weighted by molar-refractivity contribution is 5.98. The molecule has 12 heteroatoms. The maximum absolute atomic E-state index is 12.5. The molecule has 4 aromatic rings. The number of aryl methyl sites for hydroxylation is 1. The summed E-state index contributed by atoms with van der Waals surface area (Å²) in [5, 5.41) is 18.8. The van der Waals surface area contributed by atoms with E-state index in [2.05, 4.69) is 45.4 Å². The van der Waals surface area contributed by atoms with E-state index in [-0.39, 0.29) is 24.0 Å². The van der Waals surface area contributed by atoms with Crippen LogP contribution in [-0.4, -0.2) is 41.8 Å². The Morgan fingerprint density at radius 2 is 2.00 bits per heavy atom. The number of nitrogens with zero attached hydrogens (tertiary/aromatic N) is 7. The molecule has 0 fully saturated rings. The van der Waals surface area contributed by atoms with Gasteiger partial charge in [-0.25, -0.2) is 19.7 Å². The molecular formula is C16H15N9O3. The summed E-state index contributed by atoms with van der Waals surface area (Å²) in [6.07, 6.45) is 0. The molecule has 3 N–H and O–H groups in total. The first-order chi connectivity index (χ1) is 13.5. The van der Waals surface area contributed by atoms with Crippen molar-refractivity contribution in [3.63, 3.8) is 0 Å². The van der Waals surface area contributed by atoms with E-state index in [1.807, 2.05) is 24.3 Å². The number of hydrazone groups is 1. The first-order valence-corrected chi connectivity index (χ1v) is 8.21. The Hall–Kier alpha value is -4.09. The van der Waals surface area contributed by atoms with Crippen LogP contribution in [0.1, 0.15) is 18.3 Å². The van der Waals surface area contributed by atoms with Gasteiger partial charge in [0.2, 0.25) is 0 Å². The Balaban J connectivity index is 1.63. The maximum atomic E-state index is 12.5. The molecule has 0 unspecified atom stereocenters. The van der Waals surface area contributed by atoms with Crippen molar-refractivity contribution in [3.8, 4) is 11.5 Å². The lowest BCUT2D eigenvalue weighted by Crippen LogP contribution is -2.25. The van der Waals surface area contributed by atoms with Crippen molar-refractivity contribution < 1.29 is 14.1 Å². The Kier molecular flexibility index (Phi) is 4.27. The Bertz CT molecular complexity index is 1190. The first kappa shape index (κ1) is 17.3.